The van der Waals surface area contributed by atoms with Gasteiger partial charge in [-0.05, 0) is 36.4 Å². The molecule has 0 aliphatic heterocycles. The molecule has 0 fully saturated rings. The Balaban J connectivity index is 1.97. The van der Waals surface area contributed by atoms with E-state index in [-0.39, 0.29) is 0 Å². The zero-order valence-electron chi connectivity index (χ0n) is 8.97. The summed E-state index contributed by atoms with van der Waals surface area (Å²) in [5, 5.41) is 0.601. The normalized spacial score (nSPS) is 9.94. The Morgan fingerprint density at radius 1 is 1.18 bits per heavy atom. The number of hydrogen-bond acceptors (Lipinski definition) is 3. The van der Waals surface area contributed by atoms with Gasteiger partial charge in [0.2, 0.25) is 0 Å². The van der Waals surface area contributed by atoms with Gasteiger partial charge in [-0.3, -0.25) is 9.78 Å². The third-order valence-corrected chi connectivity index (χ3v) is 2.42. The number of ether oxygens (including phenoxy) is 1. The molecule has 0 atom stereocenters. The van der Waals surface area contributed by atoms with Crippen LogP contribution in [0.4, 0.5) is 0 Å². The monoisotopic (exact) mass is 247 g/mol. The van der Waals surface area contributed by atoms with Gasteiger partial charge >= 0.3 is 0 Å². The standard InChI is InChI=1S/C13H10ClNO2/c14-11-3-4-12(15-7-11)9-17-13-5-1-10(8-16)2-6-13/h1-8H,9H2. The van der Waals surface area contributed by atoms with Gasteiger partial charge in [0.25, 0.3) is 0 Å². The maximum absolute atomic E-state index is 10.5. The summed E-state index contributed by atoms with van der Waals surface area (Å²) in [6.07, 6.45) is 2.38. The zero-order chi connectivity index (χ0) is 12.1. The summed E-state index contributed by atoms with van der Waals surface area (Å²) in [5.74, 6) is 0.701. The summed E-state index contributed by atoms with van der Waals surface area (Å²) in [5.41, 5.74) is 1.43. The van der Waals surface area contributed by atoms with Gasteiger partial charge in [-0.25, -0.2) is 0 Å². The largest absolute Gasteiger partial charge is 0.487 e. The van der Waals surface area contributed by atoms with E-state index in [2.05, 4.69) is 4.98 Å². The van der Waals surface area contributed by atoms with E-state index in [9.17, 15) is 4.79 Å². The van der Waals surface area contributed by atoms with Crippen molar-refractivity contribution in [3.8, 4) is 5.75 Å². The molecule has 1 aromatic carbocycles. The predicted octanol–water partition coefficient (Wildman–Crippen LogP) is 3.13. The minimum Gasteiger partial charge on any atom is -0.487 e. The summed E-state index contributed by atoms with van der Waals surface area (Å²) in [7, 11) is 0. The van der Waals surface area contributed by atoms with Gasteiger partial charge in [0.15, 0.2) is 0 Å². The molecule has 2 rings (SSSR count). The van der Waals surface area contributed by atoms with Crippen LogP contribution in [0, 0.1) is 0 Å². The topological polar surface area (TPSA) is 39.2 Å². The number of carbonyl (C=O) groups excluding carboxylic acids is 1. The summed E-state index contributed by atoms with van der Waals surface area (Å²) in [6, 6.07) is 10.5. The lowest BCUT2D eigenvalue weighted by atomic mass is 10.2. The van der Waals surface area contributed by atoms with E-state index >= 15 is 0 Å². The molecule has 0 aliphatic rings. The Labute approximate surface area is 104 Å². The first-order valence-corrected chi connectivity index (χ1v) is 5.44. The van der Waals surface area contributed by atoms with E-state index in [0.29, 0.717) is 22.9 Å². The SMILES string of the molecule is O=Cc1ccc(OCc2ccc(Cl)cn2)cc1. The first kappa shape index (κ1) is 11.6. The Bertz CT molecular complexity index is 494. The molecule has 2 aromatic rings. The highest BCUT2D eigenvalue weighted by Gasteiger charge is 1.98. The number of aromatic nitrogens is 1. The molecule has 1 heterocycles. The number of benzene rings is 1. The molecule has 0 radical (unpaired) electrons. The Kier molecular flexibility index (Phi) is 3.73. The molecule has 0 bridgehead atoms. The number of pyridine rings is 1. The lowest BCUT2D eigenvalue weighted by Gasteiger charge is -2.05. The maximum atomic E-state index is 10.5. The molecular formula is C13H10ClNO2. The van der Waals surface area contributed by atoms with Crippen molar-refractivity contribution in [3.63, 3.8) is 0 Å². The van der Waals surface area contributed by atoms with E-state index < -0.39 is 0 Å². The van der Waals surface area contributed by atoms with Gasteiger partial charge in [0.05, 0.1) is 10.7 Å². The number of rotatable bonds is 4. The van der Waals surface area contributed by atoms with Crippen LogP contribution in [0.2, 0.25) is 5.02 Å². The maximum Gasteiger partial charge on any atom is 0.150 e. The second kappa shape index (κ2) is 5.46. The summed E-state index contributed by atoms with van der Waals surface area (Å²) in [4.78, 5) is 14.6. The molecule has 0 aliphatic carbocycles. The van der Waals surface area contributed by atoms with E-state index in [1.54, 1.807) is 36.5 Å². The molecular weight excluding hydrogens is 238 g/mol. The van der Waals surface area contributed by atoms with Gasteiger partial charge < -0.3 is 4.74 Å². The second-order valence-corrected chi connectivity index (χ2v) is 3.88. The highest BCUT2D eigenvalue weighted by Crippen LogP contribution is 2.13. The van der Waals surface area contributed by atoms with Crippen molar-refractivity contribution < 1.29 is 9.53 Å². The third-order valence-electron chi connectivity index (χ3n) is 2.19. The van der Waals surface area contributed by atoms with Crippen LogP contribution in [0.15, 0.2) is 42.6 Å². The van der Waals surface area contributed by atoms with E-state index in [0.717, 1.165) is 12.0 Å². The van der Waals surface area contributed by atoms with Gasteiger partial charge in [-0.1, -0.05) is 11.6 Å². The van der Waals surface area contributed by atoms with Crippen molar-refractivity contribution in [1.29, 1.82) is 0 Å². The fraction of sp³-hybridized carbons (Fsp3) is 0.0769. The Hall–Kier alpha value is -1.87. The number of aldehydes is 1. The summed E-state index contributed by atoms with van der Waals surface area (Å²) in [6.45, 7) is 0.373. The lowest BCUT2D eigenvalue weighted by molar-refractivity contribution is 0.112. The Morgan fingerprint density at radius 2 is 1.94 bits per heavy atom. The minimum atomic E-state index is 0.373. The average molecular weight is 248 g/mol. The fourth-order valence-electron chi connectivity index (χ4n) is 1.29. The van der Waals surface area contributed by atoms with Gasteiger partial charge in [0.1, 0.15) is 18.6 Å². The summed E-state index contributed by atoms with van der Waals surface area (Å²) >= 11 is 5.73. The molecule has 1 aromatic heterocycles. The number of halogens is 1. The van der Waals surface area contributed by atoms with Crippen LogP contribution in [0.5, 0.6) is 5.75 Å². The van der Waals surface area contributed by atoms with E-state index in [1.165, 1.54) is 0 Å². The number of hydrogen-bond donors (Lipinski definition) is 0. The van der Waals surface area contributed by atoms with Crippen molar-refractivity contribution in [2.75, 3.05) is 0 Å². The first-order valence-electron chi connectivity index (χ1n) is 5.06. The number of carbonyl (C=O) groups is 1. The quantitative estimate of drug-likeness (QED) is 0.780. The van der Waals surface area contributed by atoms with Crippen LogP contribution in [0.1, 0.15) is 16.1 Å². The van der Waals surface area contributed by atoms with Crippen molar-refractivity contribution in [1.82, 2.24) is 4.98 Å². The predicted molar refractivity (Wildman–Crippen MR) is 65.4 cm³/mol. The second-order valence-electron chi connectivity index (χ2n) is 3.44. The Morgan fingerprint density at radius 3 is 2.53 bits per heavy atom. The van der Waals surface area contributed by atoms with Crippen LogP contribution in [0.3, 0.4) is 0 Å². The highest BCUT2D eigenvalue weighted by molar-refractivity contribution is 6.30. The average Bonchev–Trinajstić information content (AvgIpc) is 2.39. The van der Waals surface area contributed by atoms with Crippen LogP contribution >= 0.6 is 11.6 Å². The van der Waals surface area contributed by atoms with Crippen LogP contribution in [-0.4, -0.2) is 11.3 Å². The van der Waals surface area contributed by atoms with Crippen molar-refractivity contribution in [2.24, 2.45) is 0 Å². The van der Waals surface area contributed by atoms with Crippen molar-refractivity contribution >= 4 is 17.9 Å². The van der Waals surface area contributed by atoms with Gasteiger partial charge in [0, 0.05) is 11.8 Å². The molecule has 0 N–H and O–H groups in total. The van der Waals surface area contributed by atoms with Crippen LogP contribution in [-0.2, 0) is 6.61 Å². The van der Waals surface area contributed by atoms with E-state index in [4.69, 9.17) is 16.3 Å². The van der Waals surface area contributed by atoms with Gasteiger partial charge in [-0.2, -0.15) is 0 Å². The molecule has 17 heavy (non-hydrogen) atoms. The van der Waals surface area contributed by atoms with Gasteiger partial charge in [-0.15, -0.1) is 0 Å². The fourth-order valence-corrected chi connectivity index (χ4v) is 1.40. The van der Waals surface area contributed by atoms with Crippen molar-refractivity contribution in [2.45, 2.75) is 6.61 Å². The molecule has 0 amide bonds. The first-order chi connectivity index (χ1) is 8.28. The molecule has 0 saturated heterocycles. The smallest absolute Gasteiger partial charge is 0.150 e. The summed E-state index contributed by atoms with van der Waals surface area (Å²) < 4.78 is 5.51. The molecule has 0 saturated carbocycles. The minimum absolute atomic E-state index is 0.373. The van der Waals surface area contributed by atoms with Crippen molar-refractivity contribution in [3.05, 3.63) is 58.9 Å². The molecule has 0 spiro atoms. The zero-order valence-corrected chi connectivity index (χ0v) is 9.72. The molecule has 4 heteroatoms. The molecule has 0 unspecified atom stereocenters. The molecule has 86 valence electrons. The van der Waals surface area contributed by atoms with Crippen LogP contribution < -0.4 is 4.74 Å². The highest BCUT2D eigenvalue weighted by atomic mass is 35.5. The molecule has 3 nitrogen and oxygen atoms in total. The number of nitrogens with zero attached hydrogens (tertiary/aromatic N) is 1. The van der Waals surface area contributed by atoms with E-state index in [1.807, 2.05) is 6.07 Å². The van der Waals surface area contributed by atoms with Crippen LogP contribution in [0.25, 0.3) is 0 Å². The third kappa shape index (κ3) is 3.29. The lowest BCUT2D eigenvalue weighted by Crippen LogP contribution is -1.97.